The number of thiazole rings is 1. The van der Waals surface area contributed by atoms with Gasteiger partial charge in [0.05, 0.1) is 34.4 Å². The molecule has 28 heavy (non-hydrogen) atoms. The first-order chi connectivity index (χ1) is 13.3. The van der Waals surface area contributed by atoms with Gasteiger partial charge in [-0.25, -0.2) is 18.7 Å². The van der Waals surface area contributed by atoms with E-state index in [1.165, 1.54) is 17.5 Å². The standard InChI is InChI=1S/C18H18F2N4O3S/c1-9-13(28-8-23-9)6-26-15-3-11-12(4-22-15)27-10(2)16(11)17(25)24-14-5-21-7-18(14,19)20/h3-4,8,14,21H,5-7H2,1-2H3,(H,24,25). The zero-order valence-electron chi connectivity index (χ0n) is 15.2. The molecule has 1 atom stereocenters. The van der Waals surface area contributed by atoms with Crippen LogP contribution >= 0.6 is 11.3 Å². The first-order valence-electron chi connectivity index (χ1n) is 8.65. The molecule has 3 aromatic heterocycles. The summed E-state index contributed by atoms with van der Waals surface area (Å²) >= 11 is 1.48. The minimum absolute atomic E-state index is 0.0116. The van der Waals surface area contributed by atoms with Crippen molar-refractivity contribution in [1.29, 1.82) is 0 Å². The Labute approximate surface area is 163 Å². The van der Waals surface area contributed by atoms with Crippen molar-refractivity contribution in [2.45, 2.75) is 32.4 Å². The minimum Gasteiger partial charge on any atom is -0.472 e. The largest absolute Gasteiger partial charge is 0.472 e. The Morgan fingerprint density at radius 2 is 2.29 bits per heavy atom. The molecule has 4 heterocycles. The number of pyridine rings is 1. The van der Waals surface area contributed by atoms with E-state index in [-0.39, 0.29) is 12.1 Å². The lowest BCUT2D eigenvalue weighted by Gasteiger charge is -2.19. The summed E-state index contributed by atoms with van der Waals surface area (Å²) in [6.07, 6.45) is 1.46. The molecule has 0 bridgehead atoms. The van der Waals surface area contributed by atoms with E-state index >= 15 is 0 Å². The van der Waals surface area contributed by atoms with E-state index in [4.69, 9.17) is 9.15 Å². The van der Waals surface area contributed by atoms with E-state index in [0.29, 0.717) is 29.2 Å². The summed E-state index contributed by atoms with van der Waals surface area (Å²) in [6, 6.07) is 0.318. The van der Waals surface area contributed by atoms with Crippen LogP contribution in [-0.2, 0) is 6.61 Å². The molecule has 0 spiro atoms. The quantitative estimate of drug-likeness (QED) is 0.675. The number of hydrogen-bond donors (Lipinski definition) is 2. The van der Waals surface area contributed by atoms with Gasteiger partial charge in [0.25, 0.3) is 11.8 Å². The fourth-order valence-electron chi connectivity index (χ4n) is 3.11. The molecule has 1 aliphatic rings. The van der Waals surface area contributed by atoms with Crippen molar-refractivity contribution in [3.05, 3.63) is 39.7 Å². The van der Waals surface area contributed by atoms with Crippen LogP contribution in [0.2, 0.25) is 0 Å². The molecule has 1 fully saturated rings. The van der Waals surface area contributed by atoms with E-state index in [1.54, 1.807) is 18.5 Å². The number of nitrogens with zero attached hydrogens (tertiary/aromatic N) is 2. The first-order valence-corrected chi connectivity index (χ1v) is 9.53. The molecule has 10 heteroatoms. The molecule has 3 aromatic rings. The molecule has 1 saturated heterocycles. The highest BCUT2D eigenvalue weighted by atomic mass is 32.1. The Kier molecular flexibility index (Phi) is 4.76. The van der Waals surface area contributed by atoms with E-state index in [0.717, 1.165) is 10.6 Å². The van der Waals surface area contributed by atoms with Crippen molar-refractivity contribution in [3.8, 4) is 5.88 Å². The molecule has 0 aliphatic carbocycles. The molecule has 1 unspecified atom stereocenters. The number of nitrogens with one attached hydrogen (secondary N) is 2. The third-order valence-electron chi connectivity index (χ3n) is 4.67. The number of aryl methyl sites for hydroxylation is 2. The number of alkyl halides is 2. The van der Waals surface area contributed by atoms with Crippen LogP contribution in [0.5, 0.6) is 5.88 Å². The van der Waals surface area contributed by atoms with Crippen LogP contribution in [0.25, 0.3) is 11.0 Å². The second kappa shape index (κ2) is 7.10. The number of aromatic nitrogens is 2. The van der Waals surface area contributed by atoms with Crippen LogP contribution in [0.1, 0.15) is 26.7 Å². The molecular weight excluding hydrogens is 390 g/mol. The van der Waals surface area contributed by atoms with Gasteiger partial charge >= 0.3 is 0 Å². The zero-order valence-corrected chi connectivity index (χ0v) is 16.0. The lowest BCUT2D eigenvalue weighted by Crippen LogP contribution is -2.46. The van der Waals surface area contributed by atoms with Gasteiger partial charge in [-0.3, -0.25) is 4.79 Å². The predicted molar refractivity (Wildman–Crippen MR) is 99.0 cm³/mol. The van der Waals surface area contributed by atoms with E-state index in [9.17, 15) is 13.6 Å². The van der Waals surface area contributed by atoms with Crippen LogP contribution in [0, 0.1) is 13.8 Å². The van der Waals surface area contributed by atoms with Gasteiger partial charge < -0.3 is 19.8 Å². The van der Waals surface area contributed by atoms with Gasteiger partial charge in [-0.05, 0) is 13.8 Å². The summed E-state index contributed by atoms with van der Waals surface area (Å²) in [7, 11) is 0. The van der Waals surface area contributed by atoms with Crippen molar-refractivity contribution in [2.75, 3.05) is 13.1 Å². The van der Waals surface area contributed by atoms with Crippen molar-refractivity contribution in [2.24, 2.45) is 0 Å². The summed E-state index contributed by atoms with van der Waals surface area (Å²) < 4.78 is 38.9. The first kappa shape index (κ1) is 18.8. The zero-order chi connectivity index (χ0) is 19.9. The molecule has 0 radical (unpaired) electrons. The number of furan rings is 1. The summed E-state index contributed by atoms with van der Waals surface area (Å²) in [5.41, 5.74) is 3.22. The average Bonchev–Trinajstić information content (AvgIpc) is 3.29. The van der Waals surface area contributed by atoms with Gasteiger partial charge in [-0.2, -0.15) is 0 Å². The van der Waals surface area contributed by atoms with Gasteiger partial charge in [-0.1, -0.05) is 0 Å². The van der Waals surface area contributed by atoms with E-state index < -0.39 is 24.4 Å². The normalized spacial score (nSPS) is 18.5. The van der Waals surface area contributed by atoms with Gasteiger partial charge in [0.1, 0.15) is 18.4 Å². The van der Waals surface area contributed by atoms with Crippen LogP contribution in [0.3, 0.4) is 0 Å². The Morgan fingerprint density at radius 3 is 2.96 bits per heavy atom. The van der Waals surface area contributed by atoms with Gasteiger partial charge in [0.2, 0.25) is 5.88 Å². The van der Waals surface area contributed by atoms with E-state index in [2.05, 4.69) is 20.6 Å². The molecule has 0 aromatic carbocycles. The number of fused-ring (bicyclic) bond motifs is 1. The summed E-state index contributed by atoms with van der Waals surface area (Å²) in [6.45, 7) is 3.36. The van der Waals surface area contributed by atoms with Crippen molar-refractivity contribution >= 4 is 28.2 Å². The fraction of sp³-hybridized carbons (Fsp3) is 0.389. The third-order valence-corrected chi connectivity index (χ3v) is 5.58. The molecule has 148 valence electrons. The number of rotatable bonds is 5. The molecule has 4 rings (SSSR count). The Bertz CT molecular complexity index is 1030. The number of carbonyl (C=O) groups excluding carboxylic acids is 1. The Balaban J connectivity index is 1.58. The number of ether oxygens (including phenoxy) is 1. The summed E-state index contributed by atoms with van der Waals surface area (Å²) in [5.74, 6) is -2.96. The van der Waals surface area contributed by atoms with Gasteiger partial charge in [0, 0.05) is 18.0 Å². The predicted octanol–water partition coefficient (Wildman–Crippen LogP) is 2.82. The van der Waals surface area contributed by atoms with Crippen LogP contribution in [0.15, 0.2) is 22.2 Å². The third kappa shape index (κ3) is 3.45. The number of amides is 1. The summed E-state index contributed by atoms with van der Waals surface area (Å²) in [5, 5.41) is 5.46. The highest BCUT2D eigenvalue weighted by Gasteiger charge is 2.45. The lowest BCUT2D eigenvalue weighted by atomic mass is 10.1. The monoisotopic (exact) mass is 408 g/mol. The Hall–Kier alpha value is -2.59. The molecule has 7 nitrogen and oxygen atoms in total. The highest BCUT2D eigenvalue weighted by Crippen LogP contribution is 2.29. The van der Waals surface area contributed by atoms with Gasteiger partial charge in [-0.15, -0.1) is 11.3 Å². The molecule has 1 aliphatic heterocycles. The smallest absolute Gasteiger partial charge is 0.281 e. The SMILES string of the molecule is Cc1ncsc1COc1cc2c(C(=O)NC3CNCC3(F)F)c(C)oc2cn1. The maximum atomic E-state index is 13.8. The summed E-state index contributed by atoms with van der Waals surface area (Å²) in [4.78, 5) is 22.0. The van der Waals surface area contributed by atoms with Crippen molar-refractivity contribution < 1.29 is 22.7 Å². The average molecular weight is 408 g/mol. The topological polar surface area (TPSA) is 89.3 Å². The molecular formula is C18H18F2N4O3S. The van der Waals surface area contributed by atoms with Crippen LogP contribution < -0.4 is 15.4 Å². The highest BCUT2D eigenvalue weighted by molar-refractivity contribution is 7.09. The maximum absolute atomic E-state index is 13.8. The van der Waals surface area contributed by atoms with Crippen molar-refractivity contribution in [3.63, 3.8) is 0 Å². The second-order valence-corrected chi connectivity index (χ2v) is 7.56. The van der Waals surface area contributed by atoms with Gasteiger partial charge in [0.15, 0.2) is 5.58 Å². The second-order valence-electron chi connectivity index (χ2n) is 6.62. The fourth-order valence-corrected chi connectivity index (χ4v) is 3.80. The molecule has 0 saturated carbocycles. The van der Waals surface area contributed by atoms with E-state index in [1.807, 2.05) is 6.92 Å². The van der Waals surface area contributed by atoms with Crippen LogP contribution in [0.4, 0.5) is 8.78 Å². The molecule has 2 N–H and O–H groups in total. The lowest BCUT2D eigenvalue weighted by molar-refractivity contribution is -0.00247. The molecule has 1 amide bonds. The Morgan fingerprint density at radius 1 is 1.46 bits per heavy atom. The van der Waals surface area contributed by atoms with Crippen LogP contribution in [-0.4, -0.2) is 40.9 Å². The van der Waals surface area contributed by atoms with Crippen molar-refractivity contribution in [1.82, 2.24) is 20.6 Å². The number of carbonyl (C=O) groups is 1. The minimum atomic E-state index is -2.99. The maximum Gasteiger partial charge on any atom is 0.281 e. The number of halogens is 2. The number of hydrogen-bond acceptors (Lipinski definition) is 7.